The van der Waals surface area contributed by atoms with E-state index in [1.54, 1.807) is 4.90 Å². The number of hydrogen-bond acceptors (Lipinski definition) is 1. The topological polar surface area (TPSA) is 20.3 Å². The van der Waals surface area contributed by atoms with Crippen molar-refractivity contribution >= 4 is 5.91 Å². The lowest BCUT2D eigenvalue weighted by Gasteiger charge is -2.19. The van der Waals surface area contributed by atoms with Crippen LogP contribution in [0, 0.1) is 11.8 Å². The zero-order valence-corrected chi connectivity index (χ0v) is 8.75. The molecule has 0 N–H and O–H groups in total. The molecule has 0 bridgehead atoms. The fourth-order valence-electron chi connectivity index (χ4n) is 1.31. The summed E-state index contributed by atoms with van der Waals surface area (Å²) in [5.74, 6) is 6.38. The number of hydrogen-bond donors (Lipinski definition) is 0. The van der Waals surface area contributed by atoms with Crippen molar-refractivity contribution < 1.29 is 4.79 Å². The van der Waals surface area contributed by atoms with E-state index in [0.717, 1.165) is 32.2 Å². The summed E-state index contributed by atoms with van der Waals surface area (Å²) in [7, 11) is 0. The Morgan fingerprint density at radius 3 is 2.93 bits per heavy atom. The van der Waals surface area contributed by atoms with Crippen LogP contribution in [-0.2, 0) is 4.79 Å². The Bertz CT molecular complexity index is 270. The number of nitrogens with zero attached hydrogens (tertiary/aromatic N) is 1. The summed E-state index contributed by atoms with van der Waals surface area (Å²) in [4.78, 5) is 13.1. The number of carbonyl (C=O) groups excluding carboxylic acids is 1. The first-order valence-electron chi connectivity index (χ1n) is 5.26. The molecule has 0 aromatic rings. The van der Waals surface area contributed by atoms with E-state index in [4.69, 9.17) is 0 Å². The van der Waals surface area contributed by atoms with Gasteiger partial charge in [0.1, 0.15) is 0 Å². The Morgan fingerprint density at radius 2 is 2.21 bits per heavy atom. The molecule has 76 valence electrons. The minimum absolute atomic E-state index is 0.227. The van der Waals surface area contributed by atoms with Crippen LogP contribution >= 0.6 is 0 Å². The summed E-state index contributed by atoms with van der Waals surface area (Å²) in [6.45, 7) is 2.86. The molecule has 1 aliphatic heterocycles. The van der Waals surface area contributed by atoms with Crippen molar-refractivity contribution in [3.05, 3.63) is 12.3 Å². The van der Waals surface area contributed by atoms with E-state index in [1.165, 1.54) is 0 Å². The van der Waals surface area contributed by atoms with E-state index in [-0.39, 0.29) is 5.91 Å². The standard InChI is InChI=1S/C12H17NO/c1-2-3-4-5-7-10-13-11-8-6-9-12(13)14/h8,11H,2-3,6-7,9-10H2,1H3. The van der Waals surface area contributed by atoms with Crippen LogP contribution in [0.25, 0.3) is 0 Å². The lowest BCUT2D eigenvalue weighted by Crippen LogP contribution is -2.28. The van der Waals surface area contributed by atoms with Crippen LogP contribution in [0.1, 0.15) is 39.0 Å². The Labute approximate surface area is 86.0 Å². The van der Waals surface area contributed by atoms with Gasteiger partial charge in [0.15, 0.2) is 0 Å². The monoisotopic (exact) mass is 191 g/mol. The minimum Gasteiger partial charge on any atom is -0.318 e. The van der Waals surface area contributed by atoms with Crippen LogP contribution in [0.4, 0.5) is 0 Å². The normalized spacial score (nSPS) is 15.2. The summed E-state index contributed by atoms with van der Waals surface area (Å²) in [6, 6.07) is 0. The summed E-state index contributed by atoms with van der Waals surface area (Å²) in [5.41, 5.74) is 0. The number of carbonyl (C=O) groups is 1. The zero-order chi connectivity index (χ0) is 10.2. The van der Waals surface area contributed by atoms with Gasteiger partial charge in [-0.25, -0.2) is 0 Å². The highest BCUT2D eigenvalue weighted by Crippen LogP contribution is 2.07. The second kappa shape index (κ2) is 6.26. The SMILES string of the molecule is CCCC#CCCN1C=CCCC1=O. The summed E-state index contributed by atoms with van der Waals surface area (Å²) in [6.07, 6.45) is 8.32. The summed E-state index contributed by atoms with van der Waals surface area (Å²) in [5, 5.41) is 0. The van der Waals surface area contributed by atoms with Gasteiger partial charge in [0.25, 0.3) is 0 Å². The van der Waals surface area contributed by atoms with Gasteiger partial charge in [-0.2, -0.15) is 0 Å². The molecule has 0 aromatic carbocycles. The van der Waals surface area contributed by atoms with Crippen LogP contribution in [0.3, 0.4) is 0 Å². The minimum atomic E-state index is 0.227. The number of allylic oxidation sites excluding steroid dienone is 1. The highest BCUT2D eigenvalue weighted by molar-refractivity contribution is 5.78. The maximum atomic E-state index is 11.3. The molecule has 0 aliphatic carbocycles. The number of rotatable bonds is 3. The van der Waals surface area contributed by atoms with Crippen molar-refractivity contribution in [1.29, 1.82) is 0 Å². The second-order valence-corrected chi connectivity index (χ2v) is 3.36. The molecule has 0 saturated carbocycles. The fraction of sp³-hybridized carbons (Fsp3) is 0.583. The molecule has 0 unspecified atom stereocenters. The predicted octanol–water partition coefficient (Wildman–Crippen LogP) is 2.32. The van der Waals surface area contributed by atoms with Crippen molar-refractivity contribution in [1.82, 2.24) is 4.90 Å². The lowest BCUT2D eigenvalue weighted by molar-refractivity contribution is -0.129. The third-order valence-corrected chi connectivity index (χ3v) is 2.11. The van der Waals surface area contributed by atoms with Crippen LogP contribution in [0.15, 0.2) is 12.3 Å². The largest absolute Gasteiger partial charge is 0.318 e. The molecule has 1 rings (SSSR count). The first-order chi connectivity index (χ1) is 6.84. The second-order valence-electron chi connectivity index (χ2n) is 3.36. The summed E-state index contributed by atoms with van der Waals surface area (Å²) >= 11 is 0. The van der Waals surface area contributed by atoms with Gasteiger partial charge in [0.2, 0.25) is 5.91 Å². The predicted molar refractivity (Wildman–Crippen MR) is 57.4 cm³/mol. The molecule has 1 amide bonds. The molecule has 2 nitrogen and oxygen atoms in total. The van der Waals surface area contributed by atoms with Gasteiger partial charge in [-0.15, -0.1) is 11.8 Å². The van der Waals surface area contributed by atoms with Crippen LogP contribution < -0.4 is 0 Å². The highest BCUT2D eigenvalue weighted by atomic mass is 16.2. The Morgan fingerprint density at radius 1 is 1.43 bits per heavy atom. The van der Waals surface area contributed by atoms with Gasteiger partial charge in [-0.05, 0) is 12.8 Å². The maximum Gasteiger partial charge on any atom is 0.226 e. The molecule has 2 heteroatoms. The first kappa shape index (κ1) is 10.8. The Kier molecular flexibility index (Phi) is 4.85. The summed E-state index contributed by atoms with van der Waals surface area (Å²) < 4.78 is 0. The molecule has 0 aromatic heterocycles. The van der Waals surface area contributed by atoms with E-state index in [0.29, 0.717) is 6.42 Å². The molecule has 14 heavy (non-hydrogen) atoms. The van der Waals surface area contributed by atoms with Crippen molar-refractivity contribution in [2.75, 3.05) is 6.54 Å². The smallest absolute Gasteiger partial charge is 0.226 e. The van der Waals surface area contributed by atoms with Gasteiger partial charge >= 0.3 is 0 Å². The molecular weight excluding hydrogens is 174 g/mol. The van der Waals surface area contributed by atoms with Crippen LogP contribution in [0.2, 0.25) is 0 Å². The molecule has 0 atom stereocenters. The average molecular weight is 191 g/mol. The highest BCUT2D eigenvalue weighted by Gasteiger charge is 2.11. The lowest BCUT2D eigenvalue weighted by atomic mass is 10.2. The molecule has 0 radical (unpaired) electrons. The van der Waals surface area contributed by atoms with Gasteiger partial charge in [-0.1, -0.05) is 13.0 Å². The quantitative estimate of drug-likeness (QED) is 0.627. The molecule has 0 spiro atoms. The van der Waals surface area contributed by atoms with Crippen LogP contribution in [0.5, 0.6) is 0 Å². The molecular formula is C12H17NO. The number of amides is 1. The van der Waals surface area contributed by atoms with E-state index in [1.807, 2.05) is 12.3 Å². The third-order valence-electron chi connectivity index (χ3n) is 2.11. The molecule has 1 aliphatic rings. The first-order valence-corrected chi connectivity index (χ1v) is 5.26. The third kappa shape index (κ3) is 3.66. The Balaban J connectivity index is 2.24. The van der Waals surface area contributed by atoms with Gasteiger partial charge in [0, 0.05) is 32.0 Å². The Hall–Kier alpha value is -1.23. The van der Waals surface area contributed by atoms with Crippen LogP contribution in [-0.4, -0.2) is 17.4 Å². The van der Waals surface area contributed by atoms with E-state index < -0.39 is 0 Å². The van der Waals surface area contributed by atoms with Gasteiger partial charge in [-0.3, -0.25) is 4.79 Å². The fourth-order valence-corrected chi connectivity index (χ4v) is 1.31. The zero-order valence-electron chi connectivity index (χ0n) is 8.75. The maximum absolute atomic E-state index is 11.3. The van der Waals surface area contributed by atoms with E-state index >= 15 is 0 Å². The molecule has 0 fully saturated rings. The number of unbranched alkanes of at least 4 members (excludes halogenated alkanes) is 1. The van der Waals surface area contributed by atoms with E-state index in [9.17, 15) is 4.79 Å². The van der Waals surface area contributed by atoms with Crippen molar-refractivity contribution in [3.8, 4) is 11.8 Å². The van der Waals surface area contributed by atoms with Crippen molar-refractivity contribution in [2.45, 2.75) is 39.0 Å². The average Bonchev–Trinajstić information content (AvgIpc) is 2.20. The molecule has 1 heterocycles. The molecule has 0 saturated heterocycles. The van der Waals surface area contributed by atoms with Crippen molar-refractivity contribution in [2.24, 2.45) is 0 Å². The van der Waals surface area contributed by atoms with Gasteiger partial charge < -0.3 is 4.90 Å². The van der Waals surface area contributed by atoms with Gasteiger partial charge in [0.05, 0.1) is 0 Å². The van der Waals surface area contributed by atoms with E-state index in [2.05, 4.69) is 18.8 Å². The van der Waals surface area contributed by atoms with Crippen molar-refractivity contribution in [3.63, 3.8) is 0 Å².